The highest BCUT2D eigenvalue weighted by Gasteiger charge is 2.38. The van der Waals surface area contributed by atoms with E-state index in [4.69, 9.17) is 20.7 Å². The third-order valence-corrected chi connectivity index (χ3v) is 2.03. The first-order chi connectivity index (χ1) is 8.12. The van der Waals surface area contributed by atoms with Crippen LogP contribution in [0.3, 0.4) is 0 Å². The Hall–Kier alpha value is -1.57. The second-order valence-corrected chi connectivity index (χ2v) is 3.84. The summed E-state index contributed by atoms with van der Waals surface area (Å²) < 4.78 is 31.7. The molecule has 1 rings (SSSR count). The minimum absolute atomic E-state index is 0.0707. The van der Waals surface area contributed by atoms with Gasteiger partial charge in [-0.05, 0) is 12.3 Å². The van der Waals surface area contributed by atoms with E-state index >= 15 is 0 Å². The van der Waals surface area contributed by atoms with Crippen LogP contribution in [0.2, 0.25) is 0 Å². The Balaban J connectivity index is 0.000000360. The van der Waals surface area contributed by atoms with Crippen molar-refractivity contribution < 1.29 is 33.0 Å². The minimum Gasteiger partial charge on any atom is -0.478 e. The average molecular weight is 269 g/mol. The van der Waals surface area contributed by atoms with Gasteiger partial charge in [0.2, 0.25) is 0 Å². The number of aliphatic carboxylic acids is 2. The molecule has 1 fully saturated rings. The summed E-state index contributed by atoms with van der Waals surface area (Å²) >= 11 is 0. The molecule has 1 aliphatic carbocycles. The summed E-state index contributed by atoms with van der Waals surface area (Å²) in [5.74, 6) is -2.92. The number of carboxylic acids is 2. The number of nitrogens with two attached hydrogens (primary N) is 1. The van der Waals surface area contributed by atoms with Gasteiger partial charge in [-0.15, -0.1) is 0 Å². The van der Waals surface area contributed by atoms with E-state index in [0.717, 1.165) is 18.4 Å². The van der Waals surface area contributed by atoms with E-state index in [1.165, 1.54) is 12.8 Å². The molecule has 0 aromatic carbocycles. The van der Waals surface area contributed by atoms with Crippen molar-refractivity contribution in [2.45, 2.75) is 31.5 Å². The first-order valence-corrected chi connectivity index (χ1v) is 5.09. The third-order valence-electron chi connectivity index (χ3n) is 2.03. The van der Waals surface area contributed by atoms with Crippen LogP contribution >= 0.6 is 0 Å². The second-order valence-electron chi connectivity index (χ2n) is 3.84. The Morgan fingerprint density at radius 1 is 1.33 bits per heavy atom. The summed E-state index contributed by atoms with van der Waals surface area (Å²) in [7, 11) is 0. The lowest BCUT2D eigenvalue weighted by atomic mass is 10.1. The van der Waals surface area contributed by atoms with Crippen LogP contribution in [0.25, 0.3) is 0 Å². The van der Waals surface area contributed by atoms with Crippen molar-refractivity contribution in [3.63, 3.8) is 0 Å². The van der Waals surface area contributed by atoms with E-state index in [9.17, 15) is 18.0 Å². The van der Waals surface area contributed by atoms with Crippen LogP contribution in [0.15, 0.2) is 12.2 Å². The van der Waals surface area contributed by atoms with E-state index < -0.39 is 18.1 Å². The van der Waals surface area contributed by atoms with Gasteiger partial charge < -0.3 is 15.9 Å². The largest absolute Gasteiger partial charge is 0.490 e. The molecule has 0 bridgehead atoms. The fraction of sp³-hybridized carbons (Fsp3) is 0.600. The second kappa shape index (κ2) is 7.00. The van der Waals surface area contributed by atoms with E-state index in [-0.39, 0.29) is 6.04 Å². The van der Waals surface area contributed by atoms with Crippen molar-refractivity contribution in [3.8, 4) is 0 Å². The Kier molecular flexibility index (Phi) is 6.39. The molecule has 1 atom stereocenters. The van der Waals surface area contributed by atoms with Gasteiger partial charge in [0.05, 0.1) is 0 Å². The van der Waals surface area contributed by atoms with Crippen LogP contribution in [0.1, 0.15) is 19.3 Å². The lowest BCUT2D eigenvalue weighted by molar-refractivity contribution is -0.192. The number of hydrogen-bond donors (Lipinski definition) is 3. The Morgan fingerprint density at radius 2 is 1.78 bits per heavy atom. The molecule has 104 valence electrons. The number of rotatable bonds is 4. The first-order valence-electron chi connectivity index (χ1n) is 5.09. The normalized spacial score (nSPS) is 16.9. The van der Waals surface area contributed by atoms with Gasteiger partial charge in [-0.3, -0.25) is 0 Å². The smallest absolute Gasteiger partial charge is 0.478 e. The number of halogens is 3. The van der Waals surface area contributed by atoms with Crippen molar-refractivity contribution in [2.24, 2.45) is 11.7 Å². The van der Waals surface area contributed by atoms with Crippen molar-refractivity contribution in [2.75, 3.05) is 0 Å². The van der Waals surface area contributed by atoms with Crippen LogP contribution in [-0.4, -0.2) is 34.4 Å². The SMILES string of the molecule is N[C@H](/C=C/C(=O)O)CC1CC1.O=C(O)C(F)(F)F. The maximum atomic E-state index is 10.6. The monoisotopic (exact) mass is 269 g/mol. The molecule has 8 heteroatoms. The summed E-state index contributed by atoms with van der Waals surface area (Å²) in [5, 5.41) is 15.4. The highest BCUT2D eigenvalue weighted by atomic mass is 19.4. The van der Waals surface area contributed by atoms with Gasteiger partial charge in [0.25, 0.3) is 0 Å². The minimum atomic E-state index is -5.08. The summed E-state index contributed by atoms with van der Waals surface area (Å²) in [6.07, 6.45) is 1.04. The van der Waals surface area contributed by atoms with Crippen molar-refractivity contribution >= 4 is 11.9 Å². The number of carboxylic acid groups (broad SMARTS) is 2. The molecule has 5 nitrogen and oxygen atoms in total. The molecule has 4 N–H and O–H groups in total. The van der Waals surface area contributed by atoms with Crippen molar-refractivity contribution in [1.82, 2.24) is 0 Å². The molecule has 0 unspecified atom stereocenters. The van der Waals surface area contributed by atoms with Crippen LogP contribution in [-0.2, 0) is 9.59 Å². The number of carbonyl (C=O) groups is 2. The Bertz CT molecular complexity index is 324. The van der Waals surface area contributed by atoms with Gasteiger partial charge in [-0.2, -0.15) is 13.2 Å². The summed E-state index contributed by atoms with van der Waals surface area (Å²) in [6, 6.07) is -0.0707. The average Bonchev–Trinajstić information content (AvgIpc) is 2.98. The molecule has 18 heavy (non-hydrogen) atoms. The molecule has 0 saturated heterocycles. The zero-order valence-corrected chi connectivity index (χ0v) is 9.35. The summed E-state index contributed by atoms with van der Waals surface area (Å²) in [5.41, 5.74) is 5.61. The predicted octanol–water partition coefficient (Wildman–Crippen LogP) is 1.39. The standard InChI is InChI=1S/C8H13NO2.C2HF3O2/c9-7(3-4-8(10)11)5-6-1-2-6;3-2(4,5)1(6)7/h3-4,6-7H,1-2,5,9H2,(H,10,11);(H,6,7)/b4-3+;/t7-;/m1./s1. The molecular formula is C10H14F3NO4. The highest BCUT2D eigenvalue weighted by Crippen LogP contribution is 2.33. The van der Waals surface area contributed by atoms with Gasteiger partial charge in [-0.1, -0.05) is 18.9 Å². The zero-order chi connectivity index (χ0) is 14.3. The molecular weight excluding hydrogens is 255 g/mol. The molecule has 0 heterocycles. The van der Waals surface area contributed by atoms with Crippen molar-refractivity contribution in [1.29, 1.82) is 0 Å². The topological polar surface area (TPSA) is 101 Å². The highest BCUT2D eigenvalue weighted by molar-refractivity contribution is 5.79. The van der Waals surface area contributed by atoms with E-state index in [1.54, 1.807) is 6.08 Å². The maximum absolute atomic E-state index is 10.6. The Labute approximate surface area is 101 Å². The fourth-order valence-electron chi connectivity index (χ4n) is 1.02. The molecule has 0 aromatic rings. The quantitative estimate of drug-likeness (QED) is 0.669. The molecule has 0 aromatic heterocycles. The molecule has 1 saturated carbocycles. The van der Waals surface area contributed by atoms with Gasteiger partial charge >= 0.3 is 18.1 Å². The van der Waals surface area contributed by atoms with E-state index in [2.05, 4.69) is 0 Å². The molecule has 1 aliphatic rings. The molecule has 0 radical (unpaired) electrons. The van der Waals surface area contributed by atoms with E-state index in [0.29, 0.717) is 0 Å². The van der Waals surface area contributed by atoms with Gasteiger partial charge in [0.1, 0.15) is 0 Å². The maximum Gasteiger partial charge on any atom is 0.490 e. The number of hydrogen-bond acceptors (Lipinski definition) is 3. The molecule has 0 amide bonds. The fourth-order valence-corrected chi connectivity index (χ4v) is 1.02. The molecule has 0 spiro atoms. The van der Waals surface area contributed by atoms with Crippen LogP contribution in [0, 0.1) is 5.92 Å². The van der Waals surface area contributed by atoms with Gasteiger partial charge in [0.15, 0.2) is 0 Å². The van der Waals surface area contributed by atoms with Gasteiger partial charge in [0, 0.05) is 12.1 Å². The first kappa shape index (κ1) is 16.4. The van der Waals surface area contributed by atoms with Crippen LogP contribution in [0.4, 0.5) is 13.2 Å². The van der Waals surface area contributed by atoms with Crippen LogP contribution < -0.4 is 5.73 Å². The van der Waals surface area contributed by atoms with Gasteiger partial charge in [-0.25, -0.2) is 9.59 Å². The lowest BCUT2D eigenvalue weighted by Crippen LogP contribution is -2.21. The van der Waals surface area contributed by atoms with E-state index in [1.807, 2.05) is 0 Å². The summed E-state index contributed by atoms with van der Waals surface area (Å²) in [6.45, 7) is 0. The summed E-state index contributed by atoms with van der Waals surface area (Å²) in [4.78, 5) is 19.0. The van der Waals surface area contributed by atoms with Crippen molar-refractivity contribution in [3.05, 3.63) is 12.2 Å². The molecule has 0 aliphatic heterocycles. The Morgan fingerprint density at radius 3 is 2.06 bits per heavy atom. The third kappa shape index (κ3) is 9.64. The lowest BCUT2D eigenvalue weighted by Gasteiger charge is -2.02. The predicted molar refractivity (Wildman–Crippen MR) is 55.8 cm³/mol. The van der Waals surface area contributed by atoms with Crippen LogP contribution in [0.5, 0.6) is 0 Å². The zero-order valence-electron chi connectivity index (χ0n) is 9.35. The number of alkyl halides is 3.